The standard InChI is InChI=1S/C11H23O2/c1-3-9-13-11-8-6-5-7-10-12-4-2/h2-11H2,1H3. The molecule has 0 aromatic rings. The summed E-state index contributed by atoms with van der Waals surface area (Å²) in [5, 5.41) is 0. The molecule has 0 aliphatic rings. The van der Waals surface area contributed by atoms with Crippen molar-refractivity contribution in [3.05, 3.63) is 6.92 Å². The predicted octanol–water partition coefficient (Wildman–Crippen LogP) is 2.82. The summed E-state index contributed by atoms with van der Waals surface area (Å²) in [5.74, 6) is 0. The molecule has 0 spiro atoms. The Morgan fingerprint density at radius 1 is 0.846 bits per heavy atom. The topological polar surface area (TPSA) is 18.5 Å². The Morgan fingerprint density at radius 3 is 2.00 bits per heavy atom. The number of rotatable bonds is 10. The van der Waals surface area contributed by atoms with Crippen molar-refractivity contribution in [1.29, 1.82) is 0 Å². The lowest BCUT2D eigenvalue weighted by molar-refractivity contribution is 0.127. The van der Waals surface area contributed by atoms with Gasteiger partial charge in [-0.05, 0) is 26.2 Å². The van der Waals surface area contributed by atoms with E-state index in [0.29, 0.717) is 6.61 Å². The number of ether oxygens (including phenoxy) is 2. The van der Waals surface area contributed by atoms with Gasteiger partial charge in [-0.1, -0.05) is 19.8 Å². The maximum Gasteiger partial charge on any atom is 0.0466 e. The van der Waals surface area contributed by atoms with E-state index in [4.69, 9.17) is 9.47 Å². The second-order valence-corrected chi connectivity index (χ2v) is 3.14. The molecule has 13 heavy (non-hydrogen) atoms. The van der Waals surface area contributed by atoms with E-state index in [-0.39, 0.29) is 0 Å². The van der Waals surface area contributed by atoms with E-state index in [1.165, 1.54) is 19.3 Å². The number of hydrogen-bond acceptors (Lipinski definition) is 2. The summed E-state index contributed by atoms with van der Waals surface area (Å²) in [5.41, 5.74) is 0. The number of unbranched alkanes of at least 4 members (excludes halogenated alkanes) is 3. The fourth-order valence-electron chi connectivity index (χ4n) is 1.11. The van der Waals surface area contributed by atoms with Crippen LogP contribution < -0.4 is 0 Å². The van der Waals surface area contributed by atoms with Crippen LogP contribution in [0.3, 0.4) is 0 Å². The van der Waals surface area contributed by atoms with E-state index < -0.39 is 0 Å². The van der Waals surface area contributed by atoms with Crippen LogP contribution in [0.25, 0.3) is 0 Å². The first-order valence-electron chi connectivity index (χ1n) is 5.36. The van der Waals surface area contributed by atoms with Gasteiger partial charge in [0.15, 0.2) is 0 Å². The molecule has 0 saturated carbocycles. The molecule has 0 aliphatic carbocycles. The van der Waals surface area contributed by atoms with E-state index >= 15 is 0 Å². The van der Waals surface area contributed by atoms with E-state index in [9.17, 15) is 0 Å². The number of hydrogen-bond donors (Lipinski definition) is 0. The highest BCUT2D eigenvalue weighted by Crippen LogP contribution is 2.00. The molecule has 0 amide bonds. The molecule has 0 rings (SSSR count). The predicted molar refractivity (Wildman–Crippen MR) is 55.8 cm³/mol. The van der Waals surface area contributed by atoms with Crippen molar-refractivity contribution in [2.24, 2.45) is 0 Å². The summed E-state index contributed by atoms with van der Waals surface area (Å²) in [7, 11) is 0. The summed E-state index contributed by atoms with van der Waals surface area (Å²) in [6.45, 7) is 9.03. The highest BCUT2D eigenvalue weighted by Gasteiger charge is 1.90. The highest BCUT2D eigenvalue weighted by atomic mass is 16.5. The zero-order chi connectivity index (χ0) is 9.78. The molecule has 0 saturated heterocycles. The first kappa shape index (κ1) is 12.9. The summed E-state index contributed by atoms with van der Waals surface area (Å²) in [6, 6.07) is 0. The fraction of sp³-hybridized carbons (Fsp3) is 0.909. The van der Waals surface area contributed by atoms with E-state index in [1.807, 2.05) is 0 Å². The molecule has 2 nitrogen and oxygen atoms in total. The van der Waals surface area contributed by atoms with Gasteiger partial charge >= 0.3 is 0 Å². The van der Waals surface area contributed by atoms with Gasteiger partial charge in [0.2, 0.25) is 0 Å². The fourth-order valence-corrected chi connectivity index (χ4v) is 1.11. The average Bonchev–Trinajstić information content (AvgIpc) is 2.16. The zero-order valence-electron chi connectivity index (χ0n) is 8.89. The van der Waals surface area contributed by atoms with Crippen LogP contribution in [0.2, 0.25) is 0 Å². The Hall–Kier alpha value is -0.0800. The molecule has 0 aliphatic heterocycles. The molecular weight excluding hydrogens is 164 g/mol. The van der Waals surface area contributed by atoms with Crippen molar-refractivity contribution in [2.45, 2.75) is 39.0 Å². The minimum absolute atomic E-state index is 0.597. The van der Waals surface area contributed by atoms with Crippen LogP contribution in [0.4, 0.5) is 0 Å². The quantitative estimate of drug-likeness (QED) is 0.490. The molecule has 79 valence electrons. The van der Waals surface area contributed by atoms with Gasteiger partial charge in [-0.2, -0.15) is 0 Å². The van der Waals surface area contributed by atoms with Gasteiger partial charge in [-0.15, -0.1) is 0 Å². The van der Waals surface area contributed by atoms with Crippen LogP contribution in [0.15, 0.2) is 0 Å². The Bertz CT molecular complexity index is 74.2. The first-order chi connectivity index (χ1) is 6.41. The molecule has 1 radical (unpaired) electrons. The maximum atomic E-state index is 5.37. The first-order valence-corrected chi connectivity index (χ1v) is 5.36. The molecule has 0 fully saturated rings. The second-order valence-electron chi connectivity index (χ2n) is 3.14. The van der Waals surface area contributed by atoms with Gasteiger partial charge < -0.3 is 9.47 Å². The molecule has 0 bridgehead atoms. The van der Waals surface area contributed by atoms with Crippen LogP contribution in [0, 0.1) is 6.92 Å². The van der Waals surface area contributed by atoms with Crippen LogP contribution in [-0.2, 0) is 9.47 Å². The molecule has 0 atom stereocenters. The van der Waals surface area contributed by atoms with Crippen molar-refractivity contribution in [2.75, 3.05) is 26.4 Å². The molecule has 0 unspecified atom stereocenters. The second kappa shape index (κ2) is 11.9. The SMILES string of the molecule is [CH2]COCCCCCCOCCC. The van der Waals surface area contributed by atoms with Crippen molar-refractivity contribution >= 4 is 0 Å². The van der Waals surface area contributed by atoms with Crippen molar-refractivity contribution in [3.63, 3.8) is 0 Å². The summed E-state index contributed by atoms with van der Waals surface area (Å²) in [6.07, 6.45) is 5.96. The Balaban J connectivity index is 2.76. The van der Waals surface area contributed by atoms with Gasteiger partial charge in [0.25, 0.3) is 0 Å². The average molecular weight is 187 g/mol. The van der Waals surface area contributed by atoms with Crippen LogP contribution in [0.1, 0.15) is 39.0 Å². The van der Waals surface area contributed by atoms with Gasteiger partial charge in [-0.25, -0.2) is 0 Å². The summed E-state index contributed by atoms with van der Waals surface area (Å²) >= 11 is 0. The van der Waals surface area contributed by atoms with Crippen molar-refractivity contribution < 1.29 is 9.47 Å². The van der Waals surface area contributed by atoms with Crippen LogP contribution in [-0.4, -0.2) is 26.4 Å². The third-order valence-corrected chi connectivity index (χ3v) is 1.82. The van der Waals surface area contributed by atoms with E-state index in [1.54, 1.807) is 0 Å². The smallest absolute Gasteiger partial charge is 0.0466 e. The largest absolute Gasteiger partial charge is 0.381 e. The van der Waals surface area contributed by atoms with Crippen LogP contribution >= 0.6 is 0 Å². The van der Waals surface area contributed by atoms with Gasteiger partial charge in [0.1, 0.15) is 0 Å². The van der Waals surface area contributed by atoms with Crippen molar-refractivity contribution in [1.82, 2.24) is 0 Å². The summed E-state index contributed by atoms with van der Waals surface area (Å²) in [4.78, 5) is 0. The summed E-state index contributed by atoms with van der Waals surface area (Å²) < 4.78 is 10.5. The molecule has 0 aromatic carbocycles. The monoisotopic (exact) mass is 187 g/mol. The Kier molecular flexibility index (Phi) is 11.8. The molecule has 0 N–H and O–H groups in total. The molecule has 2 heteroatoms. The highest BCUT2D eigenvalue weighted by molar-refractivity contribution is 4.43. The third-order valence-electron chi connectivity index (χ3n) is 1.82. The minimum Gasteiger partial charge on any atom is -0.381 e. The van der Waals surface area contributed by atoms with Crippen LogP contribution in [0.5, 0.6) is 0 Å². The zero-order valence-corrected chi connectivity index (χ0v) is 8.89. The normalized spacial score (nSPS) is 10.6. The third kappa shape index (κ3) is 11.9. The Morgan fingerprint density at radius 2 is 1.46 bits per heavy atom. The van der Waals surface area contributed by atoms with E-state index in [2.05, 4.69) is 13.8 Å². The molecular formula is C11H23O2. The lowest BCUT2D eigenvalue weighted by Crippen LogP contribution is -1.97. The van der Waals surface area contributed by atoms with E-state index in [0.717, 1.165) is 32.7 Å². The van der Waals surface area contributed by atoms with Gasteiger partial charge in [0.05, 0.1) is 0 Å². The lowest BCUT2D eigenvalue weighted by Gasteiger charge is -2.02. The lowest BCUT2D eigenvalue weighted by atomic mass is 10.2. The Labute approximate surface area is 82.6 Å². The molecule has 0 aromatic heterocycles. The minimum atomic E-state index is 0.597. The van der Waals surface area contributed by atoms with Crippen molar-refractivity contribution in [3.8, 4) is 0 Å². The maximum absolute atomic E-state index is 5.37. The van der Waals surface area contributed by atoms with Gasteiger partial charge in [0, 0.05) is 26.4 Å². The molecule has 0 heterocycles. The van der Waals surface area contributed by atoms with Gasteiger partial charge in [-0.3, -0.25) is 0 Å².